The van der Waals surface area contributed by atoms with E-state index in [1.807, 2.05) is 36.5 Å². The Morgan fingerprint density at radius 2 is 1.85 bits per heavy atom. The highest BCUT2D eigenvalue weighted by molar-refractivity contribution is 6.04. The summed E-state index contributed by atoms with van der Waals surface area (Å²) in [4.78, 5) is 22.4. The summed E-state index contributed by atoms with van der Waals surface area (Å²) in [5.41, 5.74) is 2.91. The number of carbonyl (C=O) groups excluding carboxylic acids is 1. The molecule has 6 rings (SSSR count). The van der Waals surface area contributed by atoms with Crippen LogP contribution in [0.5, 0.6) is 0 Å². The predicted octanol–water partition coefficient (Wildman–Crippen LogP) is 6.46. The maximum Gasteiger partial charge on any atom is 0.416 e. The molecule has 4 heterocycles. The summed E-state index contributed by atoms with van der Waals surface area (Å²) in [6.45, 7) is 4.35. The number of hydrogen-bond donors (Lipinski definition) is 1. The molecule has 206 valence electrons. The molecule has 2 aromatic heterocycles. The van der Waals surface area contributed by atoms with Crippen LogP contribution < -0.4 is 15.1 Å². The second kappa shape index (κ2) is 10.3. The number of rotatable bonds is 5. The molecule has 0 radical (unpaired) electrons. The van der Waals surface area contributed by atoms with Crippen molar-refractivity contribution >= 4 is 23.2 Å². The van der Waals surface area contributed by atoms with Gasteiger partial charge in [-0.3, -0.25) is 9.58 Å². The van der Waals surface area contributed by atoms with E-state index in [-0.39, 0.29) is 12.1 Å². The fraction of sp³-hybridized carbons (Fsp3) is 0.310. The van der Waals surface area contributed by atoms with Crippen molar-refractivity contribution in [3.8, 4) is 22.5 Å². The van der Waals surface area contributed by atoms with E-state index in [2.05, 4.69) is 27.5 Å². The molecule has 1 N–H and O–H groups in total. The first-order chi connectivity index (χ1) is 19.3. The number of anilines is 3. The second-order valence-electron chi connectivity index (χ2n) is 10.1. The van der Waals surface area contributed by atoms with Gasteiger partial charge < -0.3 is 10.2 Å². The summed E-state index contributed by atoms with van der Waals surface area (Å²) in [6, 6.07) is 15.6. The van der Waals surface area contributed by atoms with Crippen LogP contribution in [0.25, 0.3) is 22.5 Å². The Balaban J connectivity index is 1.32. The molecule has 11 heteroatoms. The monoisotopic (exact) mass is 547 g/mol. The third-order valence-corrected chi connectivity index (χ3v) is 7.29. The molecule has 40 heavy (non-hydrogen) atoms. The molecular formula is C29H28F3N7O. The summed E-state index contributed by atoms with van der Waals surface area (Å²) in [7, 11) is 0. The summed E-state index contributed by atoms with van der Waals surface area (Å²) in [5.74, 6) is 0.446. The number of benzene rings is 2. The van der Waals surface area contributed by atoms with Crippen LogP contribution in [0.1, 0.15) is 31.7 Å². The number of piperidine rings is 1. The van der Waals surface area contributed by atoms with Gasteiger partial charge >= 0.3 is 12.2 Å². The molecule has 2 aliphatic heterocycles. The van der Waals surface area contributed by atoms with Gasteiger partial charge in [-0.1, -0.05) is 36.4 Å². The average molecular weight is 548 g/mol. The number of nitrogens with one attached hydrogen (secondary N) is 1. The third-order valence-electron chi connectivity index (χ3n) is 7.29. The number of aryl methyl sites for hydroxylation is 1. The molecule has 2 bridgehead atoms. The summed E-state index contributed by atoms with van der Waals surface area (Å²) >= 11 is 0. The van der Waals surface area contributed by atoms with Gasteiger partial charge in [-0.05, 0) is 55.7 Å². The van der Waals surface area contributed by atoms with Crippen LogP contribution in [0, 0.1) is 0 Å². The quantitative estimate of drug-likeness (QED) is 0.310. The number of halogens is 3. The SMILES string of the molecule is CCCn1cc(-c2cccc(NC(=O)N3c4nc(-c5cccc(C(F)(F)F)c5)ccc4N4CCC[C@H]3C4)c2)nn1. The fourth-order valence-electron chi connectivity index (χ4n) is 5.41. The van der Waals surface area contributed by atoms with Gasteiger partial charge in [0.15, 0.2) is 5.82 Å². The molecule has 0 saturated carbocycles. The highest BCUT2D eigenvalue weighted by Crippen LogP contribution is 2.40. The molecule has 0 spiro atoms. The first kappa shape index (κ1) is 25.8. The summed E-state index contributed by atoms with van der Waals surface area (Å²) < 4.78 is 41.9. The van der Waals surface area contributed by atoms with Gasteiger partial charge in [0, 0.05) is 36.4 Å². The maximum atomic E-state index is 13.8. The minimum Gasteiger partial charge on any atom is -0.366 e. The normalized spacial score (nSPS) is 16.6. The molecule has 2 aliphatic rings. The van der Waals surface area contributed by atoms with E-state index in [9.17, 15) is 18.0 Å². The number of carbonyl (C=O) groups is 1. The molecule has 0 aliphatic carbocycles. The van der Waals surface area contributed by atoms with E-state index in [1.165, 1.54) is 6.07 Å². The van der Waals surface area contributed by atoms with Crippen LogP contribution in [-0.2, 0) is 12.7 Å². The summed E-state index contributed by atoms with van der Waals surface area (Å²) in [6.07, 6.45) is 0.0860. The minimum atomic E-state index is -4.46. The van der Waals surface area contributed by atoms with Crippen LogP contribution in [0.4, 0.5) is 35.2 Å². The highest BCUT2D eigenvalue weighted by Gasteiger charge is 2.38. The number of alkyl halides is 3. The molecular weight excluding hydrogens is 519 g/mol. The standard InChI is InChI=1S/C29H28F3N7O/c1-2-13-38-18-25(35-36-38)20-7-4-9-22(16-20)33-28(40)39-23-10-5-14-37(17-23)26-12-11-24(34-27(26)39)19-6-3-8-21(15-19)29(30,31)32/h3-4,6-9,11-12,15-16,18,23H,2,5,10,13-14,17H2,1H3,(H,33,40)/t23-/m0/s1. The zero-order chi connectivity index (χ0) is 27.9. The van der Waals surface area contributed by atoms with E-state index in [4.69, 9.17) is 4.98 Å². The van der Waals surface area contributed by atoms with Crippen molar-refractivity contribution in [1.29, 1.82) is 0 Å². The third kappa shape index (κ3) is 4.99. The van der Waals surface area contributed by atoms with Crippen LogP contribution in [0.2, 0.25) is 0 Å². The molecule has 8 nitrogen and oxygen atoms in total. The van der Waals surface area contributed by atoms with Crippen molar-refractivity contribution < 1.29 is 18.0 Å². The van der Waals surface area contributed by atoms with Crippen molar-refractivity contribution in [3.05, 3.63) is 72.4 Å². The van der Waals surface area contributed by atoms with Gasteiger partial charge in [0.2, 0.25) is 0 Å². The van der Waals surface area contributed by atoms with E-state index in [0.29, 0.717) is 35.0 Å². The number of pyridine rings is 1. The highest BCUT2D eigenvalue weighted by atomic mass is 19.4. The molecule has 1 atom stereocenters. The van der Waals surface area contributed by atoms with Crippen molar-refractivity contribution in [2.24, 2.45) is 0 Å². The Morgan fingerprint density at radius 3 is 2.65 bits per heavy atom. The fourth-order valence-corrected chi connectivity index (χ4v) is 5.41. The lowest BCUT2D eigenvalue weighted by atomic mass is 9.99. The largest absolute Gasteiger partial charge is 0.416 e. The lowest BCUT2D eigenvalue weighted by Crippen LogP contribution is -2.56. The Kier molecular flexibility index (Phi) is 6.65. The Bertz CT molecular complexity index is 1550. The molecule has 1 fully saturated rings. The van der Waals surface area contributed by atoms with Crippen LogP contribution in [0.3, 0.4) is 0 Å². The van der Waals surface area contributed by atoms with Crippen LogP contribution in [-0.4, -0.2) is 45.1 Å². The van der Waals surface area contributed by atoms with E-state index >= 15 is 0 Å². The van der Waals surface area contributed by atoms with Crippen LogP contribution in [0.15, 0.2) is 66.9 Å². The predicted molar refractivity (Wildman–Crippen MR) is 147 cm³/mol. The molecule has 1 saturated heterocycles. The van der Waals surface area contributed by atoms with Crippen molar-refractivity contribution in [2.75, 3.05) is 28.2 Å². The van der Waals surface area contributed by atoms with Gasteiger partial charge in [-0.15, -0.1) is 5.10 Å². The smallest absolute Gasteiger partial charge is 0.366 e. The molecule has 2 aromatic carbocycles. The maximum absolute atomic E-state index is 13.8. The Hall–Kier alpha value is -4.41. The number of amides is 2. The Morgan fingerprint density at radius 1 is 1.05 bits per heavy atom. The van der Waals surface area contributed by atoms with Crippen molar-refractivity contribution in [1.82, 2.24) is 20.0 Å². The number of aromatic nitrogens is 4. The average Bonchev–Trinajstić information content (AvgIpc) is 3.42. The number of urea groups is 1. The van der Waals surface area contributed by atoms with Crippen LogP contribution >= 0.6 is 0 Å². The van der Waals surface area contributed by atoms with E-state index < -0.39 is 11.7 Å². The lowest BCUT2D eigenvalue weighted by molar-refractivity contribution is -0.137. The first-order valence-corrected chi connectivity index (χ1v) is 13.3. The van der Waals surface area contributed by atoms with Gasteiger partial charge in [-0.25, -0.2) is 9.78 Å². The van der Waals surface area contributed by atoms with Gasteiger partial charge in [0.1, 0.15) is 5.69 Å². The van der Waals surface area contributed by atoms with Crippen molar-refractivity contribution in [2.45, 2.75) is 44.9 Å². The van der Waals surface area contributed by atoms with E-state index in [1.54, 1.807) is 21.7 Å². The van der Waals surface area contributed by atoms with Gasteiger partial charge in [-0.2, -0.15) is 13.2 Å². The Labute approximate surface area is 229 Å². The molecule has 0 unspecified atom stereocenters. The molecule has 2 amide bonds. The number of hydrogen-bond acceptors (Lipinski definition) is 5. The van der Waals surface area contributed by atoms with Gasteiger partial charge in [0.25, 0.3) is 0 Å². The second-order valence-corrected chi connectivity index (χ2v) is 10.1. The van der Waals surface area contributed by atoms with E-state index in [0.717, 1.165) is 55.7 Å². The van der Waals surface area contributed by atoms with Crippen molar-refractivity contribution in [3.63, 3.8) is 0 Å². The van der Waals surface area contributed by atoms with Gasteiger partial charge in [0.05, 0.1) is 29.2 Å². The zero-order valence-electron chi connectivity index (χ0n) is 21.9. The molecule has 4 aromatic rings. The minimum absolute atomic E-state index is 0.109. The topological polar surface area (TPSA) is 79.2 Å². The summed E-state index contributed by atoms with van der Waals surface area (Å²) in [5, 5.41) is 11.4. The number of fused-ring (bicyclic) bond motifs is 4. The zero-order valence-corrected chi connectivity index (χ0v) is 21.9. The lowest BCUT2D eigenvalue weighted by Gasteiger charge is -2.45. The first-order valence-electron chi connectivity index (χ1n) is 13.3. The number of nitrogens with zero attached hydrogens (tertiary/aromatic N) is 6.